The van der Waals surface area contributed by atoms with Gasteiger partial charge in [-0.15, -0.1) is 0 Å². The zero-order valence-electron chi connectivity index (χ0n) is 54.6. The Labute approximate surface area is 546 Å². The van der Waals surface area contributed by atoms with Crippen LogP contribution in [0, 0.1) is 30.6 Å². The summed E-state index contributed by atoms with van der Waals surface area (Å²) < 4.78 is 49.3. The lowest BCUT2D eigenvalue weighted by Crippen LogP contribution is -2.46. The number of methoxy groups -OCH3 is 1. The predicted octanol–water partition coefficient (Wildman–Crippen LogP) is 10.8. The van der Waals surface area contributed by atoms with E-state index in [4.69, 9.17) is 43.0 Å². The molecule has 0 spiro atoms. The number of ether oxygens (including phenoxy) is 8. The first kappa shape index (κ1) is 70.8. The van der Waals surface area contributed by atoms with E-state index in [1.54, 1.807) is 101 Å². The number of aliphatic hydroxyl groups excluding tert-OH is 2. The number of aromatic hydroxyl groups is 3. The zero-order chi connectivity index (χ0) is 68.1. The van der Waals surface area contributed by atoms with Crippen molar-refractivity contribution in [3.8, 4) is 23.0 Å². The van der Waals surface area contributed by atoms with Crippen molar-refractivity contribution in [2.24, 2.45) is 28.8 Å². The molecular weight excluding hydrogens is 1210 g/mol. The smallest absolute Gasteiger partial charge is 0.338 e. The molecule has 1 amide bonds. The number of esters is 4. The van der Waals surface area contributed by atoms with E-state index in [0.717, 1.165) is 38.2 Å². The number of hydrogen-bond acceptors (Lipinski definition) is 21. The summed E-state index contributed by atoms with van der Waals surface area (Å²) in [7, 11) is 1.40. The molecule has 5 bridgehead atoms. The van der Waals surface area contributed by atoms with Gasteiger partial charge in [0.1, 0.15) is 36.1 Å². The monoisotopic (exact) mass is 1300 g/mol. The number of fused-ring (bicyclic) bond motifs is 14. The molecule has 0 saturated carbocycles. The largest absolute Gasteiger partial charge is 0.507 e. The fraction of sp³-hybridized carbons (Fsp3) is 0.431. The lowest BCUT2D eigenvalue weighted by Gasteiger charge is -2.38. The van der Waals surface area contributed by atoms with Crippen LogP contribution in [-0.2, 0) is 42.7 Å². The molecular formula is C72H85N3O19. The number of unbranched alkanes of at least 4 members (excludes halogenated alkanes) is 5. The van der Waals surface area contributed by atoms with Gasteiger partial charge in [0.25, 0.3) is 11.7 Å². The van der Waals surface area contributed by atoms with Crippen molar-refractivity contribution in [1.82, 2.24) is 5.01 Å². The molecule has 4 aliphatic heterocycles. The van der Waals surface area contributed by atoms with Crippen LogP contribution in [-0.4, -0.2) is 147 Å². The molecule has 0 radical (unpaired) electrons. The number of rotatable bonds is 19. The number of carbonyl (C=O) groups is 6. The predicted molar refractivity (Wildman–Crippen MR) is 348 cm³/mol. The Bertz CT molecular complexity index is 3650. The van der Waals surface area contributed by atoms with E-state index in [0.29, 0.717) is 12.8 Å². The summed E-state index contributed by atoms with van der Waals surface area (Å²) in [6, 6.07) is 24.2. The molecule has 5 aromatic carbocycles. The van der Waals surface area contributed by atoms with Gasteiger partial charge >= 0.3 is 29.7 Å². The Morgan fingerprint density at radius 1 is 0.702 bits per heavy atom. The van der Waals surface area contributed by atoms with E-state index in [2.05, 4.69) is 12.2 Å². The molecule has 9 rings (SSSR count). The van der Waals surface area contributed by atoms with Crippen LogP contribution < -0.4 is 10.1 Å². The Kier molecular flexibility index (Phi) is 23.9. The first-order valence-corrected chi connectivity index (χ1v) is 31.7. The minimum Gasteiger partial charge on any atom is -0.507 e. The molecule has 1 saturated heterocycles. The van der Waals surface area contributed by atoms with Gasteiger partial charge in [0.2, 0.25) is 0 Å². The van der Waals surface area contributed by atoms with Gasteiger partial charge in [-0.3, -0.25) is 19.4 Å². The summed E-state index contributed by atoms with van der Waals surface area (Å²) in [6.07, 6.45) is 2.83. The number of nitrogens with one attached hydrogen (secondary N) is 1. The van der Waals surface area contributed by atoms with Crippen LogP contribution in [0.3, 0.4) is 0 Å². The van der Waals surface area contributed by atoms with Crippen LogP contribution in [0.4, 0.5) is 5.69 Å². The van der Waals surface area contributed by atoms with Gasteiger partial charge in [-0.2, -0.15) is 5.10 Å². The average molecular weight is 1300 g/mol. The summed E-state index contributed by atoms with van der Waals surface area (Å²) in [4.78, 5) is 84.5. The Morgan fingerprint density at radius 3 is 1.88 bits per heavy atom. The topological polar surface area (TPSA) is 305 Å². The van der Waals surface area contributed by atoms with E-state index in [1.165, 1.54) is 82.3 Å². The molecule has 1 fully saturated rings. The number of phenols is 3. The van der Waals surface area contributed by atoms with Crippen molar-refractivity contribution in [2.75, 3.05) is 25.6 Å². The summed E-state index contributed by atoms with van der Waals surface area (Å²) in [5, 5.41) is 69.3. The molecule has 22 heteroatoms. The van der Waals surface area contributed by atoms with Gasteiger partial charge in [0, 0.05) is 67.7 Å². The maximum atomic E-state index is 15.2. The number of carbonyl (C=O) groups excluding carboxylic acids is 6. The highest BCUT2D eigenvalue weighted by Gasteiger charge is 2.54. The molecule has 0 aromatic heterocycles. The van der Waals surface area contributed by atoms with Crippen molar-refractivity contribution in [2.45, 2.75) is 156 Å². The molecule has 22 nitrogen and oxygen atoms in total. The summed E-state index contributed by atoms with van der Waals surface area (Å²) in [5.41, 5.74) is -0.837. The number of hydrazone groups is 1. The molecule has 4 aliphatic rings. The maximum absolute atomic E-state index is 15.2. The molecule has 6 N–H and O–H groups in total. The molecule has 4 unspecified atom stereocenters. The van der Waals surface area contributed by atoms with Crippen molar-refractivity contribution in [1.29, 1.82) is 0 Å². The Morgan fingerprint density at radius 2 is 1.29 bits per heavy atom. The second-order valence-electron chi connectivity index (χ2n) is 24.3. The molecule has 0 aliphatic carbocycles. The minimum absolute atomic E-state index is 0.0146. The van der Waals surface area contributed by atoms with Gasteiger partial charge in [0.15, 0.2) is 24.2 Å². The van der Waals surface area contributed by atoms with Gasteiger partial charge in [0.05, 0.1) is 69.7 Å². The average Bonchev–Trinajstić information content (AvgIpc) is 1.46. The van der Waals surface area contributed by atoms with Crippen LogP contribution in [0.2, 0.25) is 0 Å². The summed E-state index contributed by atoms with van der Waals surface area (Å²) in [6.45, 7) is 13.7. The molecule has 5 aromatic rings. The van der Waals surface area contributed by atoms with Gasteiger partial charge in [-0.05, 0) is 62.7 Å². The lowest BCUT2D eigenvalue weighted by molar-refractivity contribution is -0.160. The van der Waals surface area contributed by atoms with Gasteiger partial charge in [-0.25, -0.2) is 14.4 Å². The van der Waals surface area contributed by atoms with Crippen molar-refractivity contribution >= 4 is 58.2 Å². The van der Waals surface area contributed by atoms with Crippen LogP contribution in [0.1, 0.15) is 146 Å². The maximum Gasteiger partial charge on any atom is 0.338 e. The number of nitrogens with zero attached hydrogens (tertiary/aromatic N) is 2. The minimum atomic E-state index is -2.23. The highest BCUT2D eigenvalue weighted by atomic mass is 16.7. The third-order valence-electron chi connectivity index (χ3n) is 17.6. The zero-order valence-corrected chi connectivity index (χ0v) is 54.6. The molecule has 502 valence electrons. The second kappa shape index (κ2) is 31.7. The first-order chi connectivity index (χ1) is 44.9. The van der Waals surface area contributed by atoms with E-state index in [-0.39, 0.29) is 45.7 Å². The van der Waals surface area contributed by atoms with Crippen LogP contribution in [0.25, 0.3) is 10.8 Å². The van der Waals surface area contributed by atoms with E-state index in [9.17, 15) is 49.5 Å². The van der Waals surface area contributed by atoms with Crippen molar-refractivity contribution < 1.29 is 92.2 Å². The number of amides is 1. The van der Waals surface area contributed by atoms with E-state index < -0.39 is 160 Å². The second-order valence-corrected chi connectivity index (χ2v) is 24.3. The molecule has 94 heavy (non-hydrogen) atoms. The van der Waals surface area contributed by atoms with Gasteiger partial charge in [-0.1, -0.05) is 140 Å². The number of allylic oxidation sites excluding steroid dienone is 2. The number of Topliss-reactive ketones (excluding diaryl/α,β-unsaturated/α-hetero) is 1. The number of phenolic OH excluding ortho intramolecular Hbond substituents is 3. The third kappa shape index (κ3) is 15.9. The third-order valence-corrected chi connectivity index (χ3v) is 17.6. The normalized spacial score (nSPS) is 27.0. The lowest BCUT2D eigenvalue weighted by atomic mass is 9.78. The SMILES string of the molecule is CCCCCCCCN(/N=C/c1c2c(O)c3c(O)c(C)c4c(c3c1O)C(=O)[C@@](C)(O/C=C/[C@H](OC)[C@@H](C)[C@@H](OC(C)=O)[C@H](C)[C@H](O)[C@H](C)[C@@H](O)[C@H](C)/C=C/C=C(/C)C(=O)N2)O4)C1OC(COC(=O)c2ccccc2)C(OC(=O)c2ccccc2)C1OC(=O)c1ccccc1. The number of benzene rings is 5. The highest BCUT2D eigenvalue weighted by molar-refractivity contribution is 6.24. The van der Waals surface area contributed by atoms with E-state index in [1.807, 2.05) is 0 Å². The van der Waals surface area contributed by atoms with Gasteiger partial charge < -0.3 is 68.7 Å². The fourth-order valence-electron chi connectivity index (χ4n) is 12.0. The Hall–Kier alpha value is -9.09. The first-order valence-electron chi connectivity index (χ1n) is 31.7. The number of hydrogen-bond donors (Lipinski definition) is 6. The fourth-order valence-corrected chi connectivity index (χ4v) is 12.0. The van der Waals surface area contributed by atoms with Crippen LogP contribution in [0.5, 0.6) is 23.0 Å². The quantitative estimate of drug-likeness (QED) is 0.00851. The van der Waals surface area contributed by atoms with E-state index >= 15 is 4.79 Å². The van der Waals surface area contributed by atoms with Crippen LogP contribution in [0.15, 0.2) is 132 Å². The number of aliphatic hydroxyl groups is 2. The number of anilines is 1. The van der Waals surface area contributed by atoms with Crippen molar-refractivity contribution in [3.05, 3.63) is 161 Å². The molecule has 13 atom stereocenters. The Balaban J connectivity index is 1.31. The summed E-state index contributed by atoms with van der Waals surface area (Å²) in [5.74, 6) is -12.4. The highest BCUT2D eigenvalue weighted by Crippen LogP contribution is 2.55. The standard InChI is InChI=1S/C72H85N3O19/c1-11-12-13-14-15-25-36-75(68-65(93-71(86)49-33-23-18-24-34-49)64(92-70(85)48-31-21-17-22-32-48)52(91-68)39-88-69(84)47-29-19-16-20-30-47)73-38-50-56-61(81)54-53(60(50)80)55-63(45(7)59(54)79)94-72(9,66(55)82)89-37-35-51(87-10)42(4)62(90-46(8)76)44(6)58(78)43(5)57(77)40(2)27-26-28-41(3)67(83)74-56/h16-24,26-35,37-38,40,42-44,51-52,57-58,62,64-65,68,77-81H,11-15,25,36,39H2,1-10H3,(H,74,83)/b27-26+,37-35+,41-28-,73-38+/t40-,42-,43-,44-,51+,52?,57+,58-,62-,64?,65?,68?,72+/m1/s1. The number of ketones is 1. The van der Waals surface area contributed by atoms with Crippen molar-refractivity contribution in [3.63, 3.8) is 0 Å². The van der Waals surface area contributed by atoms with Crippen LogP contribution >= 0.6 is 0 Å². The summed E-state index contributed by atoms with van der Waals surface area (Å²) >= 11 is 0. The molecule has 4 heterocycles.